The van der Waals surface area contributed by atoms with Crippen molar-refractivity contribution in [2.75, 3.05) is 0 Å². The van der Waals surface area contributed by atoms with Gasteiger partial charge in [-0.1, -0.05) is 84.9 Å². The van der Waals surface area contributed by atoms with Crippen molar-refractivity contribution in [1.29, 1.82) is 0 Å². The summed E-state index contributed by atoms with van der Waals surface area (Å²) in [5.41, 5.74) is 12.3. The summed E-state index contributed by atoms with van der Waals surface area (Å²) in [4.78, 5) is 13.1. The van der Waals surface area contributed by atoms with E-state index in [2.05, 4.69) is 53.7 Å². The summed E-state index contributed by atoms with van der Waals surface area (Å²) in [6.07, 6.45) is -11.1. The lowest BCUT2D eigenvalue weighted by Crippen LogP contribution is -2.54. The second-order valence-electron chi connectivity index (χ2n) is 19.3. The van der Waals surface area contributed by atoms with E-state index in [4.69, 9.17) is 0 Å². The first-order valence-corrected chi connectivity index (χ1v) is 25.1. The van der Waals surface area contributed by atoms with E-state index in [0.29, 0.717) is 32.0 Å². The van der Waals surface area contributed by atoms with E-state index in [9.17, 15) is 39.6 Å². The quantitative estimate of drug-likeness (QED) is 0.123. The van der Waals surface area contributed by atoms with Crippen LogP contribution in [0.1, 0.15) is 116 Å². The SMILES string of the molecule is Cc1cc(C)c(C)cc1C.Cc1ccc(C(=O)c2ccc(C)c(C)c2)cc1C.Cc1ccc(C(c2ccc(C)c(C)c2)(C(F)(F)F)C(F)(F)F)cc1C.Cc1ccc(S(=O)(=O)c2ccc(C)c(C)c2)cc1C. The summed E-state index contributed by atoms with van der Waals surface area (Å²) in [6, 6.07) is 33.1. The number of ketones is 1. The summed E-state index contributed by atoms with van der Waals surface area (Å²) in [5.74, 6) is 0.0983. The number of hydrogen-bond acceptors (Lipinski definition) is 3. The molecule has 0 bridgehead atoms. The second-order valence-corrected chi connectivity index (χ2v) is 21.2. The topological polar surface area (TPSA) is 51.2 Å². The molecule has 72 heavy (non-hydrogen) atoms. The number of benzene rings is 7. The Morgan fingerprint density at radius 2 is 0.542 bits per heavy atom. The zero-order chi connectivity index (χ0) is 54.4. The summed E-state index contributed by atoms with van der Waals surface area (Å²) in [7, 11) is -3.42. The molecule has 0 fully saturated rings. The van der Waals surface area contributed by atoms with Crippen LogP contribution in [0.2, 0.25) is 0 Å². The predicted molar refractivity (Wildman–Crippen MR) is 283 cm³/mol. The highest BCUT2D eigenvalue weighted by molar-refractivity contribution is 7.91. The standard InChI is InChI=1S/C19H18F6.C17H18O.C16H18O2S.C10H14/c1-11-5-7-15(9-13(11)3)17(18(20,21)22,19(23,24)25)16-8-6-12(2)14(4)10-16;1-11-5-7-15(9-13(11)3)17(18)16-8-6-12(2)14(4)10-16;1-11-5-7-15(9-13(11)3)19(17,18)16-8-6-12(2)14(4)10-16;1-7-5-9(3)10(4)6-8(7)2/h5-10H,1-4H3;5-10H,1-4H3;5-10H,1-4H3;5-6H,1-4H3. The van der Waals surface area contributed by atoms with Crippen LogP contribution >= 0.6 is 0 Å². The average molecular weight is 1010 g/mol. The van der Waals surface area contributed by atoms with Crippen LogP contribution in [0.5, 0.6) is 0 Å². The maximum absolute atomic E-state index is 14.0. The van der Waals surface area contributed by atoms with Crippen LogP contribution in [-0.2, 0) is 15.3 Å². The molecule has 0 aromatic heterocycles. The molecule has 0 saturated carbocycles. The Balaban J connectivity index is 0.000000217. The Bertz CT molecular complexity index is 2980. The molecular formula is C62H68F6O3S. The van der Waals surface area contributed by atoms with Gasteiger partial charge in [0.2, 0.25) is 15.3 Å². The minimum absolute atomic E-state index is 0.0983. The molecule has 0 aliphatic heterocycles. The monoisotopic (exact) mass is 1010 g/mol. The normalized spacial score (nSPS) is 11.6. The zero-order valence-electron chi connectivity index (χ0n) is 44.4. The van der Waals surface area contributed by atoms with Crippen molar-refractivity contribution < 1.29 is 39.6 Å². The number of carbonyl (C=O) groups excluding carboxylic acids is 1. The molecule has 382 valence electrons. The van der Waals surface area contributed by atoms with Crippen LogP contribution in [0.15, 0.2) is 131 Å². The first kappa shape index (κ1) is 58.3. The molecule has 0 atom stereocenters. The fraction of sp³-hybridized carbons (Fsp3) is 0.306. The average Bonchev–Trinajstić information content (AvgIpc) is 3.28. The fourth-order valence-corrected chi connectivity index (χ4v) is 9.30. The van der Waals surface area contributed by atoms with Gasteiger partial charge in [0, 0.05) is 11.1 Å². The Kier molecular flexibility index (Phi) is 18.7. The number of hydrogen-bond donors (Lipinski definition) is 0. The first-order valence-electron chi connectivity index (χ1n) is 23.7. The van der Waals surface area contributed by atoms with Crippen molar-refractivity contribution in [3.05, 3.63) is 233 Å². The maximum Gasteiger partial charge on any atom is 0.411 e. The van der Waals surface area contributed by atoms with Gasteiger partial charge in [0.05, 0.1) is 9.79 Å². The summed E-state index contributed by atoms with van der Waals surface area (Å²) in [6.45, 7) is 30.9. The molecular weight excluding hydrogens is 939 g/mol. The van der Waals surface area contributed by atoms with Gasteiger partial charge in [-0.05, 0) is 247 Å². The first-order chi connectivity index (χ1) is 33.2. The van der Waals surface area contributed by atoms with E-state index in [1.807, 2.05) is 90.1 Å². The van der Waals surface area contributed by atoms with E-state index in [-0.39, 0.29) is 5.78 Å². The molecule has 0 saturated heterocycles. The van der Waals surface area contributed by atoms with Crippen molar-refractivity contribution in [3.63, 3.8) is 0 Å². The van der Waals surface area contributed by atoms with Gasteiger partial charge in [0.25, 0.3) is 0 Å². The molecule has 7 rings (SSSR count). The van der Waals surface area contributed by atoms with E-state index in [0.717, 1.165) is 68.8 Å². The molecule has 0 aliphatic carbocycles. The Hall–Kier alpha value is -6.26. The molecule has 0 spiro atoms. The van der Waals surface area contributed by atoms with Gasteiger partial charge in [0.1, 0.15) is 0 Å². The van der Waals surface area contributed by atoms with E-state index >= 15 is 0 Å². The number of halogens is 6. The molecule has 0 radical (unpaired) electrons. The van der Waals surface area contributed by atoms with Crippen molar-refractivity contribution in [3.8, 4) is 0 Å². The van der Waals surface area contributed by atoms with Crippen molar-refractivity contribution in [1.82, 2.24) is 0 Å². The van der Waals surface area contributed by atoms with Gasteiger partial charge in [-0.25, -0.2) is 8.42 Å². The molecule has 3 nitrogen and oxygen atoms in total. The summed E-state index contributed by atoms with van der Waals surface area (Å²) < 4.78 is 109. The van der Waals surface area contributed by atoms with E-state index in [1.54, 1.807) is 38.1 Å². The second kappa shape index (κ2) is 23.1. The largest absolute Gasteiger partial charge is 0.411 e. The Morgan fingerprint density at radius 3 is 0.792 bits per heavy atom. The Morgan fingerprint density at radius 1 is 0.306 bits per heavy atom. The molecule has 10 heteroatoms. The zero-order valence-corrected chi connectivity index (χ0v) is 45.3. The van der Waals surface area contributed by atoms with E-state index in [1.165, 1.54) is 59.4 Å². The van der Waals surface area contributed by atoms with Gasteiger partial charge in [-0.2, -0.15) is 26.3 Å². The van der Waals surface area contributed by atoms with Crippen LogP contribution in [-0.4, -0.2) is 26.6 Å². The number of carbonyl (C=O) groups is 1. The van der Waals surface area contributed by atoms with E-state index < -0.39 is 38.7 Å². The van der Waals surface area contributed by atoms with Crippen LogP contribution in [0.4, 0.5) is 26.3 Å². The smallest absolute Gasteiger partial charge is 0.289 e. The summed E-state index contributed by atoms with van der Waals surface area (Å²) in [5, 5.41) is 0. The van der Waals surface area contributed by atoms with Crippen molar-refractivity contribution in [2.45, 2.75) is 138 Å². The van der Waals surface area contributed by atoms with Crippen LogP contribution in [0, 0.1) is 111 Å². The molecule has 0 heterocycles. The van der Waals surface area contributed by atoms with Gasteiger partial charge >= 0.3 is 12.4 Å². The fourth-order valence-electron chi connectivity index (χ4n) is 7.87. The van der Waals surface area contributed by atoms with Gasteiger partial charge < -0.3 is 0 Å². The molecule has 0 aliphatic rings. The summed E-state index contributed by atoms with van der Waals surface area (Å²) >= 11 is 0. The molecule has 7 aromatic rings. The van der Waals surface area contributed by atoms with Crippen LogP contribution in [0.3, 0.4) is 0 Å². The van der Waals surface area contributed by atoms with Gasteiger partial charge in [0.15, 0.2) is 5.78 Å². The number of aryl methyl sites for hydroxylation is 16. The molecule has 0 amide bonds. The van der Waals surface area contributed by atoms with Crippen LogP contribution in [0.25, 0.3) is 0 Å². The highest BCUT2D eigenvalue weighted by Crippen LogP contribution is 2.56. The number of sulfone groups is 1. The number of alkyl halides is 6. The third-order valence-corrected chi connectivity index (χ3v) is 15.7. The van der Waals surface area contributed by atoms with Crippen LogP contribution < -0.4 is 0 Å². The van der Waals surface area contributed by atoms with Gasteiger partial charge in [-0.3, -0.25) is 4.79 Å². The minimum atomic E-state index is -5.55. The minimum Gasteiger partial charge on any atom is -0.289 e. The maximum atomic E-state index is 14.0. The molecule has 0 N–H and O–H groups in total. The third-order valence-electron chi connectivity index (χ3n) is 14.0. The lowest BCUT2D eigenvalue weighted by Gasteiger charge is -2.38. The molecule has 7 aromatic carbocycles. The number of rotatable bonds is 6. The lowest BCUT2D eigenvalue weighted by atomic mass is 9.71. The predicted octanol–water partition coefficient (Wildman–Crippen LogP) is 17.2. The van der Waals surface area contributed by atoms with Crippen molar-refractivity contribution >= 4 is 15.6 Å². The highest BCUT2D eigenvalue weighted by Gasteiger charge is 2.72. The van der Waals surface area contributed by atoms with Gasteiger partial charge in [-0.15, -0.1) is 0 Å². The lowest BCUT2D eigenvalue weighted by molar-refractivity contribution is -0.288. The highest BCUT2D eigenvalue weighted by atomic mass is 32.2. The van der Waals surface area contributed by atoms with Crippen molar-refractivity contribution in [2.24, 2.45) is 0 Å². The Labute approximate surface area is 424 Å². The third kappa shape index (κ3) is 13.2. The molecule has 0 unspecified atom stereocenters.